The Morgan fingerprint density at radius 1 is 1.19 bits per heavy atom. The molecule has 6 nitrogen and oxygen atoms in total. The van der Waals surface area contributed by atoms with Crippen LogP contribution in [-0.4, -0.2) is 43.7 Å². The number of piperidine rings is 1. The summed E-state index contributed by atoms with van der Waals surface area (Å²) in [4.78, 5) is 14.2. The molecule has 1 saturated heterocycles. The predicted octanol–water partition coefficient (Wildman–Crippen LogP) is 2.95. The van der Waals surface area contributed by atoms with Crippen LogP contribution in [0.2, 0.25) is 0 Å². The van der Waals surface area contributed by atoms with E-state index in [1.807, 2.05) is 36.4 Å². The third-order valence-electron chi connectivity index (χ3n) is 4.74. The minimum absolute atomic E-state index is 0.0308. The van der Waals surface area contributed by atoms with Crippen LogP contribution in [0.15, 0.2) is 58.6 Å². The van der Waals surface area contributed by atoms with Crippen LogP contribution in [0.4, 0.5) is 0 Å². The monoisotopic (exact) mass is 388 g/mol. The lowest BCUT2D eigenvalue weighted by atomic mass is 9.96. The van der Waals surface area contributed by atoms with Crippen molar-refractivity contribution >= 4 is 22.0 Å². The highest BCUT2D eigenvalue weighted by Crippen LogP contribution is 2.23. The molecule has 0 unspecified atom stereocenters. The molecule has 1 amide bonds. The first-order valence-electron chi connectivity index (χ1n) is 8.96. The summed E-state index contributed by atoms with van der Waals surface area (Å²) in [7, 11) is -1.73. The zero-order valence-electron chi connectivity index (χ0n) is 15.3. The van der Waals surface area contributed by atoms with E-state index in [2.05, 4.69) is 0 Å². The van der Waals surface area contributed by atoms with Crippen molar-refractivity contribution < 1.29 is 17.6 Å². The van der Waals surface area contributed by atoms with Crippen molar-refractivity contribution in [2.24, 2.45) is 5.92 Å². The molecule has 0 spiro atoms. The van der Waals surface area contributed by atoms with E-state index < -0.39 is 10.0 Å². The molecule has 7 heteroatoms. The van der Waals surface area contributed by atoms with Crippen LogP contribution in [0.1, 0.15) is 24.2 Å². The largest absolute Gasteiger partial charge is 0.467 e. The second-order valence-electron chi connectivity index (χ2n) is 6.71. The minimum Gasteiger partial charge on any atom is -0.467 e. The van der Waals surface area contributed by atoms with Gasteiger partial charge in [0.25, 0.3) is 0 Å². The van der Waals surface area contributed by atoms with Gasteiger partial charge in [-0.2, -0.15) is 4.31 Å². The number of carbonyl (C=O) groups excluding carboxylic acids is 1. The topological polar surface area (TPSA) is 70.8 Å². The fourth-order valence-electron chi connectivity index (χ4n) is 3.20. The first kappa shape index (κ1) is 19.4. The molecule has 1 aliphatic heterocycles. The lowest BCUT2D eigenvalue weighted by molar-refractivity contribution is -0.136. The van der Waals surface area contributed by atoms with Gasteiger partial charge in [-0.3, -0.25) is 4.79 Å². The zero-order chi connectivity index (χ0) is 19.3. The maximum Gasteiger partial charge on any atom is 0.236 e. The number of amides is 1. The van der Waals surface area contributed by atoms with E-state index in [0.717, 1.165) is 11.3 Å². The van der Waals surface area contributed by atoms with Crippen LogP contribution in [0.25, 0.3) is 6.08 Å². The van der Waals surface area contributed by atoms with E-state index in [0.29, 0.717) is 32.5 Å². The number of furan rings is 1. The van der Waals surface area contributed by atoms with E-state index >= 15 is 0 Å². The van der Waals surface area contributed by atoms with Gasteiger partial charge in [0.05, 0.1) is 12.8 Å². The third kappa shape index (κ3) is 5.08. The van der Waals surface area contributed by atoms with Gasteiger partial charge in [-0.15, -0.1) is 0 Å². The molecule has 0 aliphatic carbocycles. The van der Waals surface area contributed by atoms with Gasteiger partial charge in [-0.05, 0) is 36.6 Å². The standard InChI is InChI=1S/C20H24N2O4S/c1-21(16-19-8-5-14-26-19)20(23)18-9-12-22(13-10-18)27(24,25)15-11-17-6-3-2-4-7-17/h2-8,11,14-15,18H,9-10,12-13,16H2,1H3/b15-11+. The van der Waals surface area contributed by atoms with Gasteiger partial charge in [0.2, 0.25) is 15.9 Å². The number of sulfonamides is 1. The molecule has 1 aliphatic rings. The first-order valence-corrected chi connectivity index (χ1v) is 10.5. The van der Waals surface area contributed by atoms with Crippen molar-refractivity contribution in [3.8, 4) is 0 Å². The van der Waals surface area contributed by atoms with Gasteiger partial charge in [-0.25, -0.2) is 8.42 Å². The highest BCUT2D eigenvalue weighted by molar-refractivity contribution is 7.92. The summed E-state index contributed by atoms with van der Waals surface area (Å²) in [5.74, 6) is 0.606. The lowest BCUT2D eigenvalue weighted by Crippen LogP contribution is -2.42. The quantitative estimate of drug-likeness (QED) is 0.763. The maximum absolute atomic E-state index is 12.6. The molecule has 1 aromatic heterocycles. The highest BCUT2D eigenvalue weighted by Gasteiger charge is 2.31. The SMILES string of the molecule is CN(Cc1ccco1)C(=O)C1CCN(S(=O)(=O)/C=C/c2ccccc2)CC1. The van der Waals surface area contributed by atoms with Crippen LogP contribution in [-0.2, 0) is 21.4 Å². The number of rotatable bonds is 6. The third-order valence-corrected chi connectivity index (χ3v) is 6.31. The molecule has 1 aromatic carbocycles. The van der Waals surface area contributed by atoms with Crippen LogP contribution in [0.3, 0.4) is 0 Å². The Hall–Kier alpha value is -2.38. The van der Waals surface area contributed by atoms with Gasteiger partial charge in [0, 0.05) is 31.5 Å². The Morgan fingerprint density at radius 2 is 1.89 bits per heavy atom. The number of hydrogen-bond donors (Lipinski definition) is 0. The van der Waals surface area contributed by atoms with Crippen LogP contribution in [0, 0.1) is 5.92 Å². The molecule has 0 saturated carbocycles. The van der Waals surface area contributed by atoms with Gasteiger partial charge < -0.3 is 9.32 Å². The molecule has 144 valence electrons. The number of carbonyl (C=O) groups is 1. The molecule has 2 heterocycles. The number of hydrogen-bond acceptors (Lipinski definition) is 4. The molecule has 0 N–H and O–H groups in total. The van der Waals surface area contributed by atoms with E-state index in [1.54, 1.807) is 30.4 Å². The van der Waals surface area contributed by atoms with Crippen molar-refractivity contribution in [1.82, 2.24) is 9.21 Å². The van der Waals surface area contributed by atoms with Crippen molar-refractivity contribution in [2.45, 2.75) is 19.4 Å². The summed E-state index contributed by atoms with van der Waals surface area (Å²) in [5, 5.41) is 1.24. The van der Waals surface area contributed by atoms with Crippen molar-refractivity contribution in [3.05, 3.63) is 65.5 Å². The predicted molar refractivity (Wildman–Crippen MR) is 104 cm³/mol. The summed E-state index contributed by atoms with van der Waals surface area (Å²) < 4.78 is 31.7. The Labute approximate surface area is 160 Å². The molecule has 2 aromatic rings. The highest BCUT2D eigenvalue weighted by atomic mass is 32.2. The molecule has 1 fully saturated rings. The lowest BCUT2D eigenvalue weighted by Gasteiger charge is -2.31. The summed E-state index contributed by atoms with van der Waals surface area (Å²) in [6.45, 7) is 1.13. The Kier molecular flexibility index (Phi) is 6.13. The van der Waals surface area contributed by atoms with Gasteiger partial charge >= 0.3 is 0 Å². The van der Waals surface area contributed by atoms with E-state index in [-0.39, 0.29) is 11.8 Å². The smallest absolute Gasteiger partial charge is 0.236 e. The Balaban J connectivity index is 1.54. The molecule has 27 heavy (non-hydrogen) atoms. The second-order valence-corrected chi connectivity index (χ2v) is 8.52. The van der Waals surface area contributed by atoms with Crippen LogP contribution >= 0.6 is 0 Å². The molecule has 0 atom stereocenters. The zero-order valence-corrected chi connectivity index (χ0v) is 16.1. The molecule has 3 rings (SSSR count). The molecule has 0 bridgehead atoms. The Bertz CT molecular complexity index is 868. The second kappa shape index (κ2) is 8.54. The summed E-state index contributed by atoms with van der Waals surface area (Å²) in [6, 6.07) is 12.9. The average Bonchev–Trinajstić information content (AvgIpc) is 3.20. The van der Waals surface area contributed by atoms with Crippen molar-refractivity contribution in [1.29, 1.82) is 0 Å². The van der Waals surface area contributed by atoms with Crippen molar-refractivity contribution in [3.63, 3.8) is 0 Å². The van der Waals surface area contributed by atoms with Crippen LogP contribution in [0.5, 0.6) is 0 Å². The summed E-state index contributed by atoms with van der Waals surface area (Å²) in [6.07, 6.45) is 4.24. The van der Waals surface area contributed by atoms with Crippen molar-refractivity contribution in [2.75, 3.05) is 20.1 Å². The first-order chi connectivity index (χ1) is 13.0. The molecular weight excluding hydrogens is 364 g/mol. The normalized spacial score (nSPS) is 16.6. The van der Waals surface area contributed by atoms with E-state index in [1.165, 1.54) is 9.71 Å². The van der Waals surface area contributed by atoms with E-state index in [4.69, 9.17) is 4.42 Å². The Morgan fingerprint density at radius 3 is 2.52 bits per heavy atom. The van der Waals surface area contributed by atoms with Gasteiger partial charge in [-0.1, -0.05) is 30.3 Å². The molecular formula is C20H24N2O4S. The average molecular weight is 388 g/mol. The number of benzene rings is 1. The molecule has 0 radical (unpaired) electrons. The van der Waals surface area contributed by atoms with Crippen LogP contribution < -0.4 is 0 Å². The van der Waals surface area contributed by atoms with Gasteiger partial charge in [0.15, 0.2) is 0 Å². The number of nitrogens with zero attached hydrogens (tertiary/aromatic N) is 2. The summed E-state index contributed by atoms with van der Waals surface area (Å²) in [5.41, 5.74) is 0.839. The summed E-state index contributed by atoms with van der Waals surface area (Å²) >= 11 is 0. The fourth-order valence-corrected chi connectivity index (χ4v) is 4.42. The maximum atomic E-state index is 12.6. The minimum atomic E-state index is -3.48. The van der Waals surface area contributed by atoms with E-state index in [9.17, 15) is 13.2 Å². The fraction of sp³-hybridized carbons (Fsp3) is 0.350. The van der Waals surface area contributed by atoms with Gasteiger partial charge in [0.1, 0.15) is 5.76 Å².